The van der Waals surface area contributed by atoms with Crippen LogP contribution in [0.25, 0.3) is 11.0 Å². The van der Waals surface area contributed by atoms with Gasteiger partial charge in [0.05, 0.1) is 22.9 Å². The molecule has 0 unspecified atom stereocenters. The Labute approximate surface area is 162 Å². The van der Waals surface area contributed by atoms with Gasteiger partial charge in [0, 0.05) is 25.0 Å². The smallest absolute Gasteiger partial charge is 0.342 e. The van der Waals surface area contributed by atoms with Crippen molar-refractivity contribution in [3.8, 4) is 0 Å². The van der Waals surface area contributed by atoms with E-state index in [0.29, 0.717) is 18.6 Å². The van der Waals surface area contributed by atoms with Gasteiger partial charge in [-0.2, -0.15) is 13.2 Å². The molecule has 1 aliphatic carbocycles. The van der Waals surface area contributed by atoms with Crippen LogP contribution in [0.5, 0.6) is 0 Å². The lowest BCUT2D eigenvalue weighted by Gasteiger charge is -2.36. The number of carbonyl (C=O) groups is 1. The quantitative estimate of drug-likeness (QED) is 0.717. The number of carbonyl (C=O) groups excluding carboxylic acids is 1. The van der Waals surface area contributed by atoms with Crippen molar-refractivity contribution in [2.45, 2.75) is 57.7 Å². The summed E-state index contributed by atoms with van der Waals surface area (Å²) in [4.78, 5) is 19.0. The van der Waals surface area contributed by atoms with E-state index in [1.807, 2.05) is 9.47 Å². The number of aromatic nitrogens is 2. The molecule has 152 valence electrons. The van der Waals surface area contributed by atoms with Gasteiger partial charge in [0.15, 0.2) is 0 Å². The molecule has 1 amide bonds. The number of nitrogens with zero attached hydrogens (tertiary/aromatic N) is 3. The van der Waals surface area contributed by atoms with Gasteiger partial charge < -0.3 is 9.47 Å². The van der Waals surface area contributed by atoms with Crippen molar-refractivity contribution in [3.63, 3.8) is 0 Å². The van der Waals surface area contributed by atoms with Crippen LogP contribution in [0.2, 0.25) is 0 Å². The van der Waals surface area contributed by atoms with Gasteiger partial charge in [0.1, 0.15) is 0 Å². The standard InChI is InChI=1S/C21H26F3N3O/c1-14-2-4-15(5-3-14)20(28)26-10-8-17(9-11-26)27-13-25-18-12-16(21(22,23)24)6-7-19(18)27/h6-7,12-15,17H,2-5,8-11H2,1H3. The van der Waals surface area contributed by atoms with Gasteiger partial charge >= 0.3 is 6.18 Å². The fraction of sp³-hybridized carbons (Fsp3) is 0.619. The molecular weight excluding hydrogens is 367 g/mol. The molecule has 2 heterocycles. The average molecular weight is 393 g/mol. The molecule has 0 atom stereocenters. The minimum Gasteiger partial charge on any atom is -0.342 e. The number of fused-ring (bicyclic) bond motifs is 1. The maximum atomic E-state index is 12.9. The first-order valence-electron chi connectivity index (χ1n) is 10.2. The zero-order valence-electron chi connectivity index (χ0n) is 16.1. The number of hydrogen-bond acceptors (Lipinski definition) is 2. The maximum absolute atomic E-state index is 12.9. The molecule has 1 aromatic heterocycles. The summed E-state index contributed by atoms with van der Waals surface area (Å²) in [5.41, 5.74) is 0.413. The van der Waals surface area contributed by atoms with E-state index in [1.54, 1.807) is 6.33 Å². The van der Waals surface area contributed by atoms with Crippen LogP contribution in [-0.2, 0) is 11.0 Å². The van der Waals surface area contributed by atoms with Gasteiger partial charge in [0.25, 0.3) is 0 Å². The Hall–Kier alpha value is -2.05. The Morgan fingerprint density at radius 3 is 2.39 bits per heavy atom. The Balaban J connectivity index is 1.42. The lowest BCUT2D eigenvalue weighted by Crippen LogP contribution is -2.42. The fourth-order valence-electron chi connectivity index (χ4n) is 4.63. The molecule has 1 aromatic carbocycles. The first-order chi connectivity index (χ1) is 13.3. The first kappa shape index (κ1) is 19.3. The van der Waals surface area contributed by atoms with E-state index in [4.69, 9.17) is 0 Å². The van der Waals surface area contributed by atoms with Gasteiger partial charge in [-0.15, -0.1) is 0 Å². The van der Waals surface area contributed by atoms with Crippen LogP contribution in [-0.4, -0.2) is 33.4 Å². The average Bonchev–Trinajstić information content (AvgIpc) is 3.11. The van der Waals surface area contributed by atoms with Crippen LogP contribution in [0.1, 0.15) is 57.1 Å². The molecule has 1 saturated heterocycles. The van der Waals surface area contributed by atoms with E-state index in [2.05, 4.69) is 11.9 Å². The van der Waals surface area contributed by atoms with Crippen LogP contribution in [0.15, 0.2) is 24.5 Å². The Kier molecular flexibility index (Phi) is 5.10. The number of hydrogen-bond donors (Lipinski definition) is 0. The lowest BCUT2D eigenvalue weighted by molar-refractivity contribution is -0.138. The van der Waals surface area contributed by atoms with E-state index < -0.39 is 11.7 Å². The molecular formula is C21H26F3N3O. The van der Waals surface area contributed by atoms with Crippen LogP contribution in [0.4, 0.5) is 13.2 Å². The molecule has 2 fully saturated rings. The van der Waals surface area contributed by atoms with Crippen molar-refractivity contribution < 1.29 is 18.0 Å². The summed E-state index contributed by atoms with van der Waals surface area (Å²) < 4.78 is 40.7. The first-order valence-corrected chi connectivity index (χ1v) is 10.2. The Bertz CT molecular complexity index is 844. The fourth-order valence-corrected chi connectivity index (χ4v) is 4.63. The van der Waals surface area contributed by atoms with Gasteiger partial charge in [-0.3, -0.25) is 4.79 Å². The van der Waals surface area contributed by atoms with Gasteiger partial charge in [-0.05, 0) is 62.6 Å². The molecule has 0 spiro atoms. The molecule has 7 heteroatoms. The summed E-state index contributed by atoms with van der Waals surface area (Å²) in [6, 6.07) is 3.89. The molecule has 28 heavy (non-hydrogen) atoms. The molecule has 2 aromatic rings. The third-order valence-corrected chi connectivity index (χ3v) is 6.44. The zero-order valence-corrected chi connectivity index (χ0v) is 16.1. The Morgan fingerprint density at radius 2 is 1.75 bits per heavy atom. The molecule has 0 N–H and O–H groups in total. The van der Waals surface area contributed by atoms with E-state index in [0.717, 1.165) is 62.1 Å². The van der Waals surface area contributed by atoms with Crippen molar-refractivity contribution in [1.82, 2.24) is 14.5 Å². The molecule has 2 aliphatic rings. The van der Waals surface area contributed by atoms with Crippen LogP contribution >= 0.6 is 0 Å². The van der Waals surface area contributed by atoms with Crippen molar-refractivity contribution in [1.29, 1.82) is 0 Å². The van der Waals surface area contributed by atoms with E-state index in [9.17, 15) is 18.0 Å². The van der Waals surface area contributed by atoms with E-state index >= 15 is 0 Å². The molecule has 4 rings (SSSR count). The van der Waals surface area contributed by atoms with Crippen molar-refractivity contribution in [2.24, 2.45) is 11.8 Å². The summed E-state index contributed by atoms with van der Waals surface area (Å²) in [7, 11) is 0. The van der Waals surface area contributed by atoms with Crippen LogP contribution < -0.4 is 0 Å². The molecule has 1 aliphatic heterocycles. The molecule has 1 saturated carbocycles. The lowest BCUT2D eigenvalue weighted by atomic mass is 9.82. The highest BCUT2D eigenvalue weighted by Gasteiger charge is 2.33. The summed E-state index contributed by atoms with van der Waals surface area (Å²) in [5, 5.41) is 0. The number of rotatable bonds is 2. The molecule has 0 bridgehead atoms. The van der Waals surface area contributed by atoms with Crippen molar-refractivity contribution in [2.75, 3.05) is 13.1 Å². The third-order valence-electron chi connectivity index (χ3n) is 6.44. The maximum Gasteiger partial charge on any atom is 0.416 e. The van der Waals surface area contributed by atoms with Gasteiger partial charge in [-0.1, -0.05) is 6.92 Å². The number of piperidine rings is 1. The summed E-state index contributed by atoms with van der Waals surface area (Å²) in [5.74, 6) is 1.18. The predicted molar refractivity (Wildman–Crippen MR) is 101 cm³/mol. The normalized spacial score (nSPS) is 24.6. The number of likely N-dealkylation sites (tertiary alicyclic amines) is 1. The second-order valence-corrected chi connectivity index (χ2v) is 8.37. The molecule has 0 radical (unpaired) electrons. The summed E-state index contributed by atoms with van der Waals surface area (Å²) >= 11 is 0. The van der Waals surface area contributed by atoms with Crippen molar-refractivity contribution >= 4 is 16.9 Å². The monoisotopic (exact) mass is 393 g/mol. The zero-order chi connectivity index (χ0) is 19.9. The number of amides is 1. The third kappa shape index (κ3) is 3.76. The number of halogens is 3. The van der Waals surface area contributed by atoms with E-state index in [1.165, 1.54) is 6.07 Å². The second-order valence-electron chi connectivity index (χ2n) is 8.37. The summed E-state index contributed by atoms with van der Waals surface area (Å²) in [6.07, 6.45) is 3.14. The highest BCUT2D eigenvalue weighted by Crippen LogP contribution is 2.34. The minimum absolute atomic E-state index is 0.164. The van der Waals surface area contributed by atoms with Crippen LogP contribution in [0, 0.1) is 11.8 Å². The Morgan fingerprint density at radius 1 is 1.07 bits per heavy atom. The van der Waals surface area contributed by atoms with Gasteiger partial charge in [-0.25, -0.2) is 4.98 Å². The topological polar surface area (TPSA) is 38.1 Å². The minimum atomic E-state index is -4.36. The highest BCUT2D eigenvalue weighted by atomic mass is 19.4. The predicted octanol–water partition coefficient (Wildman–Crippen LogP) is 5.04. The SMILES string of the molecule is CC1CCC(C(=O)N2CCC(n3cnc4cc(C(F)(F)F)ccc43)CC2)CC1. The number of imidazole rings is 1. The van der Waals surface area contributed by atoms with Gasteiger partial charge in [0.2, 0.25) is 5.91 Å². The molecule has 4 nitrogen and oxygen atoms in total. The van der Waals surface area contributed by atoms with E-state index in [-0.39, 0.29) is 17.9 Å². The van der Waals surface area contributed by atoms with Crippen LogP contribution in [0.3, 0.4) is 0 Å². The second kappa shape index (κ2) is 7.41. The number of alkyl halides is 3. The summed E-state index contributed by atoms with van der Waals surface area (Å²) in [6.45, 7) is 3.66. The highest BCUT2D eigenvalue weighted by molar-refractivity contribution is 5.79. The largest absolute Gasteiger partial charge is 0.416 e. The number of benzene rings is 1. The van der Waals surface area contributed by atoms with Crippen molar-refractivity contribution in [3.05, 3.63) is 30.1 Å².